The van der Waals surface area contributed by atoms with Crippen LogP contribution < -0.4 is 0 Å². The van der Waals surface area contributed by atoms with Crippen molar-refractivity contribution in [2.24, 2.45) is 5.41 Å². The highest BCUT2D eigenvalue weighted by Crippen LogP contribution is 2.66. The third-order valence-electron chi connectivity index (χ3n) is 9.28. The number of hydrogen-bond acceptors (Lipinski definition) is 3. The van der Waals surface area contributed by atoms with Crippen LogP contribution in [-0.2, 0) is 10.8 Å². The minimum Gasteiger partial charge on any atom is -0.248 e. The Hall–Kier alpha value is -3.07. The molecular formula is C30H31N3. The zero-order chi connectivity index (χ0) is 22.8. The first kappa shape index (κ1) is 20.5. The van der Waals surface area contributed by atoms with Crippen LogP contribution in [0.4, 0.5) is 0 Å². The first-order valence-corrected chi connectivity index (χ1v) is 12.2. The number of pyridine rings is 1. The summed E-state index contributed by atoms with van der Waals surface area (Å²) in [5.41, 5.74) is 7.13. The number of hydrogen-bond donors (Lipinski definition) is 0. The van der Waals surface area contributed by atoms with Gasteiger partial charge < -0.3 is 0 Å². The first-order chi connectivity index (χ1) is 15.8. The van der Waals surface area contributed by atoms with E-state index in [1.165, 1.54) is 36.9 Å². The molecule has 1 saturated carbocycles. The van der Waals surface area contributed by atoms with Gasteiger partial charge in [0.05, 0.1) is 16.9 Å². The van der Waals surface area contributed by atoms with E-state index in [1.54, 1.807) is 0 Å². The van der Waals surface area contributed by atoms with E-state index in [1.807, 2.05) is 6.07 Å². The fourth-order valence-corrected chi connectivity index (χ4v) is 6.47. The van der Waals surface area contributed by atoms with Gasteiger partial charge >= 0.3 is 0 Å². The third kappa shape index (κ3) is 2.78. The Kier molecular flexibility index (Phi) is 4.33. The van der Waals surface area contributed by atoms with Crippen molar-refractivity contribution in [2.75, 3.05) is 0 Å². The minimum absolute atomic E-state index is 0.0722. The average molecular weight is 434 g/mol. The van der Waals surface area contributed by atoms with Gasteiger partial charge in [-0.1, -0.05) is 83.0 Å². The summed E-state index contributed by atoms with van der Waals surface area (Å²) >= 11 is 0. The lowest BCUT2D eigenvalue weighted by Gasteiger charge is -2.46. The van der Waals surface area contributed by atoms with Crippen molar-refractivity contribution in [3.63, 3.8) is 0 Å². The Labute approximate surface area is 196 Å². The number of benzene rings is 2. The van der Waals surface area contributed by atoms with Crippen molar-refractivity contribution in [2.45, 2.75) is 64.2 Å². The summed E-state index contributed by atoms with van der Waals surface area (Å²) in [6, 6.07) is 21.0. The van der Waals surface area contributed by atoms with Gasteiger partial charge in [-0.15, -0.1) is 0 Å². The normalized spacial score (nSPS) is 25.6. The highest BCUT2D eigenvalue weighted by atomic mass is 14.9. The molecule has 4 aromatic rings. The van der Waals surface area contributed by atoms with Crippen LogP contribution in [0, 0.1) is 5.41 Å². The quantitative estimate of drug-likeness (QED) is 0.329. The van der Waals surface area contributed by atoms with Crippen LogP contribution in [0.1, 0.15) is 64.6 Å². The predicted molar refractivity (Wildman–Crippen MR) is 135 cm³/mol. The van der Waals surface area contributed by atoms with Gasteiger partial charge in [0.2, 0.25) is 0 Å². The van der Waals surface area contributed by atoms with E-state index >= 15 is 0 Å². The second-order valence-electron chi connectivity index (χ2n) is 10.9. The Balaban J connectivity index is 1.46. The van der Waals surface area contributed by atoms with Gasteiger partial charge in [0.25, 0.3) is 0 Å². The van der Waals surface area contributed by atoms with Crippen molar-refractivity contribution in [1.82, 2.24) is 15.0 Å². The van der Waals surface area contributed by atoms with E-state index < -0.39 is 0 Å². The molecule has 2 aromatic heterocycles. The summed E-state index contributed by atoms with van der Waals surface area (Å²) in [7, 11) is 0. The number of nitrogens with zero attached hydrogens (tertiary/aromatic N) is 3. The van der Waals surface area contributed by atoms with Gasteiger partial charge in [0.1, 0.15) is 0 Å². The Morgan fingerprint density at radius 2 is 1.48 bits per heavy atom. The fourth-order valence-electron chi connectivity index (χ4n) is 6.47. The van der Waals surface area contributed by atoms with Gasteiger partial charge in [-0.3, -0.25) is 0 Å². The van der Waals surface area contributed by atoms with E-state index in [2.05, 4.69) is 88.5 Å². The third-order valence-corrected chi connectivity index (χ3v) is 9.28. The van der Waals surface area contributed by atoms with Crippen molar-refractivity contribution >= 4 is 10.9 Å². The molecule has 2 aliphatic rings. The summed E-state index contributed by atoms with van der Waals surface area (Å²) < 4.78 is 0. The van der Waals surface area contributed by atoms with Crippen molar-refractivity contribution in [1.29, 1.82) is 0 Å². The van der Waals surface area contributed by atoms with E-state index in [0.29, 0.717) is 0 Å². The predicted octanol–water partition coefficient (Wildman–Crippen LogP) is 7.49. The minimum atomic E-state index is 0.0722. The molecule has 3 heteroatoms. The molecule has 0 radical (unpaired) electrons. The van der Waals surface area contributed by atoms with Crippen LogP contribution in [0.2, 0.25) is 0 Å². The van der Waals surface area contributed by atoms with E-state index in [-0.39, 0.29) is 16.2 Å². The number of rotatable bonds is 2. The maximum Gasteiger partial charge on any atom is 0.159 e. The van der Waals surface area contributed by atoms with Gasteiger partial charge in [0, 0.05) is 33.5 Å². The lowest BCUT2D eigenvalue weighted by Crippen LogP contribution is -2.44. The standard InChI is InChI=1S/C30H31N3/c1-28(2)29(3)16-7-8-17-30(28,4)26-23(29)19-31-27(33-26)22-12-9-11-21(18-22)25-15-14-20-10-5-6-13-24(20)32-25/h5-6,9-15,18-19H,7-8,16-17H2,1-4H3. The van der Waals surface area contributed by atoms with Crippen LogP contribution in [0.3, 0.4) is 0 Å². The largest absolute Gasteiger partial charge is 0.248 e. The number of aromatic nitrogens is 3. The molecule has 33 heavy (non-hydrogen) atoms. The van der Waals surface area contributed by atoms with Gasteiger partial charge in [-0.2, -0.15) is 0 Å². The van der Waals surface area contributed by atoms with Crippen molar-refractivity contribution < 1.29 is 0 Å². The van der Waals surface area contributed by atoms with Crippen molar-refractivity contribution in [3.8, 4) is 22.6 Å². The topological polar surface area (TPSA) is 38.7 Å². The molecule has 2 bridgehead atoms. The molecular weight excluding hydrogens is 402 g/mol. The molecule has 0 spiro atoms. The zero-order valence-corrected chi connectivity index (χ0v) is 20.0. The molecule has 0 N–H and O–H groups in total. The maximum atomic E-state index is 5.27. The average Bonchev–Trinajstić information content (AvgIpc) is 2.90. The van der Waals surface area contributed by atoms with Crippen molar-refractivity contribution in [3.05, 3.63) is 78.1 Å². The van der Waals surface area contributed by atoms with Crippen LogP contribution >= 0.6 is 0 Å². The zero-order valence-electron chi connectivity index (χ0n) is 20.0. The summed E-state index contributed by atoms with van der Waals surface area (Å²) in [4.78, 5) is 15.1. The smallest absolute Gasteiger partial charge is 0.159 e. The maximum absolute atomic E-state index is 5.27. The summed E-state index contributed by atoms with van der Waals surface area (Å²) in [6.45, 7) is 9.78. The SMILES string of the molecule is CC12CCCCC(C)(c3nc(-c4cccc(-c5ccc6ccccc6n5)c4)ncc31)C2(C)C. The second kappa shape index (κ2) is 6.96. The van der Waals surface area contributed by atoms with E-state index in [9.17, 15) is 0 Å². The van der Waals surface area contributed by atoms with Crippen LogP contribution in [-0.4, -0.2) is 15.0 Å². The molecule has 0 amide bonds. The monoisotopic (exact) mass is 433 g/mol. The molecule has 3 nitrogen and oxygen atoms in total. The summed E-state index contributed by atoms with van der Waals surface area (Å²) in [5.74, 6) is 0.822. The Bertz CT molecular complexity index is 1390. The van der Waals surface area contributed by atoms with E-state index in [0.717, 1.165) is 33.5 Å². The van der Waals surface area contributed by atoms with Crippen LogP contribution in [0.5, 0.6) is 0 Å². The van der Waals surface area contributed by atoms with Crippen LogP contribution in [0.25, 0.3) is 33.5 Å². The summed E-state index contributed by atoms with van der Waals surface area (Å²) in [5, 5.41) is 1.16. The molecule has 2 aliphatic carbocycles. The Morgan fingerprint density at radius 1 is 0.727 bits per heavy atom. The molecule has 2 heterocycles. The molecule has 0 saturated heterocycles. The highest BCUT2D eigenvalue weighted by Gasteiger charge is 2.62. The molecule has 2 unspecified atom stereocenters. The Morgan fingerprint density at radius 3 is 2.33 bits per heavy atom. The molecule has 166 valence electrons. The molecule has 0 aliphatic heterocycles. The lowest BCUT2D eigenvalue weighted by molar-refractivity contribution is 0.101. The van der Waals surface area contributed by atoms with E-state index in [4.69, 9.17) is 15.0 Å². The fraction of sp³-hybridized carbons (Fsp3) is 0.367. The highest BCUT2D eigenvalue weighted by molar-refractivity contribution is 5.82. The van der Waals surface area contributed by atoms with Gasteiger partial charge in [0.15, 0.2) is 5.82 Å². The molecule has 2 atom stereocenters. The second-order valence-corrected chi connectivity index (χ2v) is 10.9. The lowest BCUT2D eigenvalue weighted by atomic mass is 9.57. The molecule has 1 fully saturated rings. The molecule has 6 rings (SSSR count). The summed E-state index contributed by atoms with van der Waals surface area (Å²) in [6.07, 6.45) is 7.11. The number of fused-ring (bicyclic) bond motifs is 6. The van der Waals surface area contributed by atoms with Gasteiger partial charge in [-0.05, 0) is 42.0 Å². The van der Waals surface area contributed by atoms with Crippen LogP contribution in [0.15, 0.2) is 66.9 Å². The first-order valence-electron chi connectivity index (χ1n) is 12.2. The molecule has 2 aromatic carbocycles. The number of para-hydroxylation sites is 1. The van der Waals surface area contributed by atoms with Gasteiger partial charge in [-0.25, -0.2) is 15.0 Å².